The van der Waals surface area contributed by atoms with Gasteiger partial charge in [-0.3, -0.25) is 14.4 Å². The molecule has 3 rings (SSSR count). The molecule has 0 aromatic heterocycles. The quantitative estimate of drug-likeness (QED) is 0.243. The average Bonchev–Trinajstić information content (AvgIpc) is 2.77. The summed E-state index contributed by atoms with van der Waals surface area (Å²) in [5.74, 6) is -1.92. The number of hydrogen-bond donors (Lipinski definition) is 0. The first kappa shape index (κ1) is 25.0. The van der Waals surface area contributed by atoms with Crippen LogP contribution in [0.1, 0.15) is 26.7 Å². The Labute approximate surface area is 197 Å². The zero-order valence-electron chi connectivity index (χ0n) is 17.7. The zero-order chi connectivity index (χ0) is 21.6. The van der Waals surface area contributed by atoms with Crippen molar-refractivity contribution in [3.63, 3.8) is 0 Å². The van der Waals surface area contributed by atoms with Crippen molar-refractivity contribution >= 4 is 40.3 Å². The summed E-state index contributed by atoms with van der Waals surface area (Å²) < 4.78 is 0. The fourth-order valence-corrected chi connectivity index (χ4v) is 8.14. The molecule has 0 N–H and O–H groups in total. The molecule has 161 valence electrons. The standard InChI is InChI=1S/C26H26O3P.Rh/c1-3-13-24(28)25(20(2)27)26(29)30(21-14-7-4-8-15-21,22-16-9-5-10-17-22)23-18-11-6-12-19-23;/h4-12,14-19,25H,3,13H2,1-2H3;/q+1;. The Balaban J connectivity index is 0.00000341. The molecule has 1 atom stereocenters. The third kappa shape index (κ3) is 4.97. The number of ketones is 2. The zero-order valence-corrected chi connectivity index (χ0v) is 20.2. The summed E-state index contributed by atoms with van der Waals surface area (Å²) in [6.07, 6.45) is 0.817. The third-order valence-electron chi connectivity index (χ3n) is 5.23. The molecule has 0 aliphatic carbocycles. The number of hydrogen-bond acceptors (Lipinski definition) is 3. The summed E-state index contributed by atoms with van der Waals surface area (Å²) in [4.78, 5) is 39.9. The van der Waals surface area contributed by atoms with E-state index in [0.29, 0.717) is 6.42 Å². The van der Waals surface area contributed by atoms with E-state index >= 15 is 0 Å². The van der Waals surface area contributed by atoms with Crippen molar-refractivity contribution in [1.29, 1.82) is 0 Å². The molecule has 3 aromatic rings. The van der Waals surface area contributed by atoms with Gasteiger partial charge >= 0.3 is 5.52 Å². The molecule has 3 aromatic carbocycles. The van der Waals surface area contributed by atoms with E-state index in [2.05, 4.69) is 0 Å². The van der Waals surface area contributed by atoms with Gasteiger partial charge in [0.1, 0.15) is 15.9 Å². The second-order valence-electron chi connectivity index (χ2n) is 7.28. The van der Waals surface area contributed by atoms with E-state index in [9.17, 15) is 14.4 Å². The van der Waals surface area contributed by atoms with Gasteiger partial charge in [0.05, 0.1) is 0 Å². The molecule has 0 bridgehead atoms. The van der Waals surface area contributed by atoms with Crippen LogP contribution in [0.25, 0.3) is 0 Å². The van der Waals surface area contributed by atoms with Gasteiger partial charge in [-0.1, -0.05) is 61.5 Å². The van der Waals surface area contributed by atoms with E-state index in [1.807, 2.05) is 97.9 Å². The van der Waals surface area contributed by atoms with Gasteiger partial charge in [0.25, 0.3) is 0 Å². The van der Waals surface area contributed by atoms with Crippen LogP contribution in [-0.2, 0) is 33.9 Å². The van der Waals surface area contributed by atoms with Crippen LogP contribution >= 0.6 is 7.26 Å². The minimum absolute atomic E-state index is 0. The van der Waals surface area contributed by atoms with E-state index in [0.717, 1.165) is 15.9 Å². The number of benzene rings is 3. The average molecular weight is 520 g/mol. The Morgan fingerprint density at radius 1 is 0.710 bits per heavy atom. The molecule has 31 heavy (non-hydrogen) atoms. The summed E-state index contributed by atoms with van der Waals surface area (Å²) in [7, 11) is -2.91. The summed E-state index contributed by atoms with van der Waals surface area (Å²) in [6.45, 7) is 3.24. The van der Waals surface area contributed by atoms with Crippen LogP contribution in [-0.4, -0.2) is 17.1 Å². The number of Topliss-reactive ketones (excluding diaryl/α,β-unsaturated/α-hetero) is 2. The molecule has 0 spiro atoms. The maximum Gasteiger partial charge on any atom is 0.301 e. The first-order valence-electron chi connectivity index (χ1n) is 10.2. The Morgan fingerprint density at radius 3 is 1.35 bits per heavy atom. The van der Waals surface area contributed by atoms with Gasteiger partial charge in [-0.15, -0.1) is 0 Å². The van der Waals surface area contributed by atoms with Crippen LogP contribution in [0.5, 0.6) is 0 Å². The Morgan fingerprint density at radius 2 is 1.06 bits per heavy atom. The SMILES string of the molecule is CCCC(=O)C(C(C)=O)C(=O)[P+](c1ccccc1)(c1ccccc1)c1ccccc1.[Rh]. The van der Waals surface area contributed by atoms with Crippen LogP contribution in [0, 0.1) is 5.92 Å². The predicted octanol–water partition coefficient (Wildman–Crippen LogP) is 4.08. The maximum atomic E-state index is 14.3. The molecule has 0 amide bonds. The monoisotopic (exact) mass is 520 g/mol. The predicted molar refractivity (Wildman–Crippen MR) is 124 cm³/mol. The van der Waals surface area contributed by atoms with E-state index in [1.54, 1.807) is 0 Å². The van der Waals surface area contributed by atoms with Gasteiger partial charge in [-0.05, 0) is 49.7 Å². The smallest absolute Gasteiger partial charge is 0.299 e. The van der Waals surface area contributed by atoms with Gasteiger partial charge in [-0.2, -0.15) is 0 Å². The van der Waals surface area contributed by atoms with Crippen LogP contribution in [0.15, 0.2) is 91.0 Å². The molecule has 1 radical (unpaired) electrons. The first-order valence-corrected chi connectivity index (χ1v) is 12.0. The van der Waals surface area contributed by atoms with E-state index < -0.39 is 13.2 Å². The van der Waals surface area contributed by atoms with Gasteiger partial charge in [-0.25, -0.2) is 0 Å². The first-order chi connectivity index (χ1) is 14.5. The van der Waals surface area contributed by atoms with E-state index in [-0.39, 0.29) is 43.0 Å². The van der Waals surface area contributed by atoms with E-state index in [4.69, 9.17) is 0 Å². The molecule has 0 saturated carbocycles. The van der Waals surface area contributed by atoms with Gasteiger partial charge in [0.15, 0.2) is 24.7 Å². The molecule has 0 heterocycles. The van der Waals surface area contributed by atoms with Crippen LogP contribution < -0.4 is 15.9 Å². The summed E-state index contributed by atoms with van der Waals surface area (Å²) in [6, 6.07) is 28.8. The largest absolute Gasteiger partial charge is 0.301 e. The van der Waals surface area contributed by atoms with Crippen molar-refractivity contribution in [3.05, 3.63) is 91.0 Å². The van der Waals surface area contributed by atoms with Gasteiger partial charge in [0, 0.05) is 25.9 Å². The van der Waals surface area contributed by atoms with Crippen molar-refractivity contribution in [1.82, 2.24) is 0 Å². The molecule has 1 unspecified atom stereocenters. The van der Waals surface area contributed by atoms with Crippen LogP contribution in [0.2, 0.25) is 0 Å². The molecule has 0 aliphatic rings. The second kappa shape index (κ2) is 11.4. The summed E-state index contributed by atoms with van der Waals surface area (Å²) >= 11 is 0. The van der Waals surface area contributed by atoms with Crippen molar-refractivity contribution in [2.45, 2.75) is 26.7 Å². The van der Waals surface area contributed by atoms with Crippen molar-refractivity contribution in [2.24, 2.45) is 5.92 Å². The third-order valence-corrected chi connectivity index (χ3v) is 9.37. The summed E-state index contributed by atoms with van der Waals surface area (Å²) in [5, 5.41) is 2.55. The van der Waals surface area contributed by atoms with Gasteiger partial charge < -0.3 is 0 Å². The molecule has 3 nitrogen and oxygen atoms in total. The second-order valence-corrected chi connectivity index (χ2v) is 10.6. The van der Waals surface area contributed by atoms with Crippen molar-refractivity contribution in [2.75, 3.05) is 0 Å². The van der Waals surface area contributed by atoms with Crippen molar-refractivity contribution < 1.29 is 33.9 Å². The molecular weight excluding hydrogens is 494 g/mol. The Bertz CT molecular complexity index is 924. The Kier molecular flexibility index (Phi) is 9.17. The molecule has 0 saturated heterocycles. The molecule has 5 heteroatoms. The fourth-order valence-electron chi connectivity index (χ4n) is 3.91. The van der Waals surface area contributed by atoms with Crippen molar-refractivity contribution in [3.8, 4) is 0 Å². The summed E-state index contributed by atoms with van der Waals surface area (Å²) in [5.41, 5.74) is -0.281. The normalized spacial score (nSPS) is 11.8. The number of carbonyl (C=O) groups excluding carboxylic acids is 3. The Hall–Kier alpha value is -2.28. The molecular formula is C26H26O3PRh+. The van der Waals surface area contributed by atoms with E-state index in [1.165, 1.54) is 6.92 Å². The number of carbonyl (C=O) groups is 3. The maximum absolute atomic E-state index is 14.3. The topological polar surface area (TPSA) is 51.2 Å². The van der Waals surface area contributed by atoms with Gasteiger partial charge in [0.2, 0.25) is 0 Å². The number of rotatable bonds is 9. The van der Waals surface area contributed by atoms with Crippen LogP contribution in [0.4, 0.5) is 0 Å². The fraction of sp³-hybridized carbons (Fsp3) is 0.192. The molecule has 0 fully saturated rings. The minimum Gasteiger partial charge on any atom is -0.299 e. The van der Waals surface area contributed by atoms with Crippen LogP contribution in [0.3, 0.4) is 0 Å². The molecule has 0 aliphatic heterocycles. The minimum atomic E-state index is -2.91.